The number of aromatic nitrogens is 1. The van der Waals surface area contributed by atoms with Gasteiger partial charge in [-0.15, -0.1) is 11.3 Å². The molecule has 0 bridgehead atoms. The average Bonchev–Trinajstić information content (AvgIpc) is 3.38. The summed E-state index contributed by atoms with van der Waals surface area (Å²) in [5.41, 5.74) is 1.65. The van der Waals surface area contributed by atoms with Crippen LogP contribution in [0.15, 0.2) is 46.2 Å². The van der Waals surface area contributed by atoms with E-state index >= 15 is 0 Å². The van der Waals surface area contributed by atoms with Crippen LogP contribution in [-0.4, -0.2) is 30.6 Å². The lowest BCUT2D eigenvalue weighted by molar-refractivity contribution is -0.121. The van der Waals surface area contributed by atoms with Crippen molar-refractivity contribution in [1.82, 2.24) is 10.3 Å². The van der Waals surface area contributed by atoms with E-state index < -0.39 is 0 Å². The zero-order valence-corrected chi connectivity index (χ0v) is 17.8. The number of amides is 1. The Morgan fingerprint density at radius 3 is 2.83 bits per heavy atom. The van der Waals surface area contributed by atoms with Crippen LogP contribution in [0.4, 0.5) is 0 Å². The summed E-state index contributed by atoms with van der Waals surface area (Å²) in [5.74, 6) is 1.19. The Balaban J connectivity index is 1.45. The van der Waals surface area contributed by atoms with Crippen molar-refractivity contribution >= 4 is 28.8 Å². The highest BCUT2D eigenvalue weighted by molar-refractivity contribution is 7.13. The molecule has 1 N–H and O–H groups in total. The summed E-state index contributed by atoms with van der Waals surface area (Å²) < 4.78 is 11.3. The molecule has 3 aromatic rings. The second kappa shape index (κ2) is 8.69. The Bertz CT molecular complexity index is 978. The summed E-state index contributed by atoms with van der Waals surface area (Å²) in [5, 5.41) is 5.80. The number of halogens is 1. The maximum absolute atomic E-state index is 12.7. The lowest BCUT2D eigenvalue weighted by Gasteiger charge is -2.38. The smallest absolute Gasteiger partial charge is 0.236 e. The summed E-state index contributed by atoms with van der Waals surface area (Å²) in [6.45, 7) is 3.74. The molecule has 1 aliphatic heterocycles. The minimum absolute atomic E-state index is 0.0629. The lowest BCUT2D eigenvalue weighted by atomic mass is 9.74. The summed E-state index contributed by atoms with van der Waals surface area (Å²) in [6.07, 6.45) is 1.89. The van der Waals surface area contributed by atoms with E-state index in [0.717, 1.165) is 23.3 Å². The summed E-state index contributed by atoms with van der Waals surface area (Å²) in [7, 11) is 0. The molecule has 29 heavy (non-hydrogen) atoms. The van der Waals surface area contributed by atoms with Crippen LogP contribution in [-0.2, 0) is 21.4 Å². The number of thiophene rings is 1. The van der Waals surface area contributed by atoms with Crippen molar-refractivity contribution in [2.75, 3.05) is 19.8 Å². The number of hydrogen-bond donors (Lipinski definition) is 1. The van der Waals surface area contributed by atoms with Crippen LogP contribution in [0.2, 0.25) is 5.02 Å². The van der Waals surface area contributed by atoms with Gasteiger partial charge in [0.2, 0.25) is 11.8 Å². The highest BCUT2D eigenvalue weighted by Crippen LogP contribution is 2.35. The molecule has 7 heteroatoms. The number of aryl methyl sites for hydroxylation is 1. The topological polar surface area (TPSA) is 64.4 Å². The molecule has 1 aliphatic rings. The van der Waals surface area contributed by atoms with Crippen LogP contribution in [0.25, 0.3) is 10.8 Å². The first-order valence-electron chi connectivity index (χ1n) is 9.66. The molecule has 1 amide bonds. The quantitative estimate of drug-likeness (QED) is 0.611. The van der Waals surface area contributed by atoms with Gasteiger partial charge in [0.1, 0.15) is 5.76 Å². The summed E-state index contributed by atoms with van der Waals surface area (Å²) >= 11 is 7.79. The van der Waals surface area contributed by atoms with Crippen molar-refractivity contribution in [2.45, 2.75) is 31.6 Å². The van der Waals surface area contributed by atoms with Gasteiger partial charge in [0.25, 0.3) is 0 Å². The number of nitrogens with one attached hydrogen (secondary N) is 1. The van der Waals surface area contributed by atoms with Crippen LogP contribution < -0.4 is 5.32 Å². The number of benzene rings is 1. The van der Waals surface area contributed by atoms with Crippen molar-refractivity contribution < 1.29 is 13.9 Å². The van der Waals surface area contributed by atoms with E-state index in [1.54, 1.807) is 11.3 Å². The molecule has 3 heterocycles. The number of ether oxygens (including phenoxy) is 1. The first-order chi connectivity index (χ1) is 14.1. The predicted octanol–water partition coefficient (Wildman–Crippen LogP) is 4.77. The van der Waals surface area contributed by atoms with Gasteiger partial charge in [-0.1, -0.05) is 29.8 Å². The van der Waals surface area contributed by atoms with Crippen molar-refractivity contribution in [2.24, 2.45) is 0 Å². The number of nitrogens with zero attached hydrogens (tertiary/aromatic N) is 1. The molecule has 0 saturated carbocycles. The van der Waals surface area contributed by atoms with E-state index in [-0.39, 0.29) is 17.7 Å². The molecule has 1 saturated heterocycles. The third kappa shape index (κ3) is 4.55. The van der Waals surface area contributed by atoms with Crippen molar-refractivity contribution in [3.05, 3.63) is 63.8 Å². The molecular weight excluding hydrogens is 408 g/mol. The molecule has 2 aromatic heterocycles. The zero-order valence-electron chi connectivity index (χ0n) is 16.2. The fourth-order valence-electron chi connectivity index (χ4n) is 3.73. The van der Waals surface area contributed by atoms with E-state index in [1.165, 1.54) is 0 Å². The molecule has 4 rings (SSSR count). The Kier molecular flexibility index (Phi) is 6.04. The number of oxazole rings is 1. The Morgan fingerprint density at radius 1 is 1.28 bits per heavy atom. The highest BCUT2D eigenvalue weighted by atomic mass is 35.5. The first-order valence-corrected chi connectivity index (χ1v) is 10.9. The van der Waals surface area contributed by atoms with E-state index in [0.29, 0.717) is 42.1 Å². The largest absolute Gasteiger partial charge is 0.440 e. The molecule has 1 aromatic carbocycles. The third-order valence-electron chi connectivity index (χ3n) is 5.46. The van der Waals surface area contributed by atoms with Crippen molar-refractivity contribution in [3.8, 4) is 10.8 Å². The van der Waals surface area contributed by atoms with E-state index in [9.17, 15) is 4.79 Å². The van der Waals surface area contributed by atoms with Gasteiger partial charge in [-0.3, -0.25) is 4.79 Å². The maximum Gasteiger partial charge on any atom is 0.236 e. The van der Waals surface area contributed by atoms with Gasteiger partial charge >= 0.3 is 0 Å². The number of carbonyl (C=O) groups excluding carboxylic acids is 1. The molecule has 0 atom stereocenters. The van der Waals surface area contributed by atoms with Crippen LogP contribution in [0.1, 0.15) is 29.9 Å². The predicted molar refractivity (Wildman–Crippen MR) is 114 cm³/mol. The molecule has 1 fully saturated rings. The van der Waals surface area contributed by atoms with Crippen molar-refractivity contribution in [1.29, 1.82) is 0 Å². The molecular formula is C22H23ClN2O3S. The number of hydrogen-bond acceptors (Lipinski definition) is 5. The zero-order chi connectivity index (χ0) is 20.3. The molecule has 152 valence electrons. The van der Waals surface area contributed by atoms with Gasteiger partial charge < -0.3 is 14.5 Å². The number of rotatable bonds is 6. The van der Waals surface area contributed by atoms with E-state index in [1.807, 2.05) is 42.6 Å². The fourth-order valence-corrected chi connectivity index (χ4v) is 4.57. The average molecular weight is 431 g/mol. The SMILES string of the molecule is Cc1oc(-c2cccs2)nc1CC(=O)NCC1(c2cccc(Cl)c2)CCOCC1. The van der Waals surface area contributed by atoms with Crippen LogP contribution >= 0.6 is 22.9 Å². The van der Waals surface area contributed by atoms with E-state index in [4.69, 9.17) is 20.8 Å². The third-order valence-corrected chi connectivity index (χ3v) is 6.56. The Hall–Kier alpha value is -2.15. The maximum atomic E-state index is 12.7. The second-order valence-electron chi connectivity index (χ2n) is 7.36. The van der Waals surface area contributed by atoms with Gasteiger partial charge in [-0.25, -0.2) is 4.98 Å². The van der Waals surface area contributed by atoms with Gasteiger partial charge in [-0.05, 0) is 48.9 Å². The van der Waals surface area contributed by atoms with Crippen LogP contribution in [0, 0.1) is 6.92 Å². The normalized spacial score (nSPS) is 15.9. The van der Waals surface area contributed by atoms with Gasteiger partial charge in [0.05, 0.1) is 17.0 Å². The second-order valence-corrected chi connectivity index (χ2v) is 8.74. The lowest BCUT2D eigenvalue weighted by Crippen LogP contribution is -2.45. The van der Waals surface area contributed by atoms with Gasteiger partial charge in [-0.2, -0.15) is 0 Å². The molecule has 0 aliphatic carbocycles. The molecule has 5 nitrogen and oxygen atoms in total. The van der Waals surface area contributed by atoms with E-state index in [2.05, 4.69) is 16.4 Å². The molecule has 0 spiro atoms. The van der Waals surface area contributed by atoms with Crippen LogP contribution in [0.3, 0.4) is 0 Å². The minimum Gasteiger partial charge on any atom is -0.440 e. The molecule has 0 unspecified atom stereocenters. The Labute approximate surface area is 179 Å². The minimum atomic E-state index is -0.167. The molecule has 0 radical (unpaired) electrons. The summed E-state index contributed by atoms with van der Waals surface area (Å²) in [4.78, 5) is 18.2. The fraction of sp³-hybridized carbons (Fsp3) is 0.364. The standard InChI is InChI=1S/C22H23ClN2O3S/c1-15-18(25-21(28-15)19-6-3-11-29-19)13-20(26)24-14-22(7-9-27-10-8-22)16-4-2-5-17(23)12-16/h2-6,11-12H,7-10,13-14H2,1H3,(H,24,26). The van der Waals surface area contributed by atoms with Gasteiger partial charge in [0.15, 0.2) is 0 Å². The number of carbonyl (C=O) groups is 1. The monoisotopic (exact) mass is 430 g/mol. The Morgan fingerprint density at radius 2 is 2.10 bits per heavy atom. The van der Waals surface area contributed by atoms with Crippen LogP contribution in [0.5, 0.6) is 0 Å². The highest BCUT2D eigenvalue weighted by Gasteiger charge is 2.35. The van der Waals surface area contributed by atoms with Crippen molar-refractivity contribution in [3.63, 3.8) is 0 Å². The first kappa shape index (κ1) is 20.1. The van der Waals surface area contributed by atoms with Gasteiger partial charge in [0, 0.05) is 30.2 Å². The summed E-state index contributed by atoms with van der Waals surface area (Å²) in [6, 6.07) is 11.8.